The Balaban J connectivity index is 2.02. The zero-order valence-corrected chi connectivity index (χ0v) is 11.6. The van der Waals surface area contributed by atoms with Crippen LogP contribution < -0.4 is 0 Å². The molecule has 0 bridgehead atoms. The number of carbonyl (C=O) groups excluding carboxylic acids is 2. The van der Waals surface area contributed by atoms with Gasteiger partial charge in [0.15, 0.2) is 0 Å². The third kappa shape index (κ3) is 2.03. The first-order valence-corrected chi connectivity index (χ1v) is 6.78. The molecule has 2 amide bonds. The lowest BCUT2D eigenvalue weighted by molar-refractivity contribution is -0.0202. The molecule has 1 aromatic carbocycles. The summed E-state index contributed by atoms with van der Waals surface area (Å²) in [6.07, 6.45) is 1.47. The van der Waals surface area contributed by atoms with Crippen molar-refractivity contribution in [3.8, 4) is 0 Å². The minimum Gasteiger partial charge on any atom is -0.478 e. The fourth-order valence-corrected chi connectivity index (χ4v) is 2.96. The van der Waals surface area contributed by atoms with E-state index in [4.69, 9.17) is 9.84 Å². The SMILES string of the molecule is CC1(N2C(=O)c3ccc(C(=O)O)cc3C2=O)CCCOC1. The number of hydrogen-bond acceptors (Lipinski definition) is 4. The van der Waals surface area contributed by atoms with E-state index in [0.29, 0.717) is 19.6 Å². The highest BCUT2D eigenvalue weighted by Gasteiger charge is 2.47. The van der Waals surface area contributed by atoms with Gasteiger partial charge in [-0.1, -0.05) is 0 Å². The number of fused-ring (bicyclic) bond motifs is 1. The van der Waals surface area contributed by atoms with Gasteiger partial charge in [-0.25, -0.2) is 4.79 Å². The summed E-state index contributed by atoms with van der Waals surface area (Å²) in [6, 6.07) is 4.02. The van der Waals surface area contributed by atoms with Crippen LogP contribution in [-0.4, -0.2) is 46.5 Å². The third-order valence-electron chi connectivity index (χ3n) is 4.09. The number of ether oxygens (including phenoxy) is 1. The number of carbonyl (C=O) groups is 3. The van der Waals surface area contributed by atoms with Crippen molar-refractivity contribution in [3.05, 3.63) is 34.9 Å². The normalized spacial score (nSPS) is 25.1. The molecule has 6 nitrogen and oxygen atoms in total. The van der Waals surface area contributed by atoms with E-state index in [1.807, 2.05) is 6.92 Å². The summed E-state index contributed by atoms with van der Waals surface area (Å²) in [5, 5.41) is 9.00. The zero-order valence-electron chi connectivity index (χ0n) is 11.6. The van der Waals surface area contributed by atoms with Crippen LogP contribution in [0.15, 0.2) is 18.2 Å². The number of amides is 2. The molecule has 1 unspecified atom stereocenters. The van der Waals surface area contributed by atoms with Gasteiger partial charge in [0, 0.05) is 6.61 Å². The van der Waals surface area contributed by atoms with E-state index in [0.717, 1.165) is 6.42 Å². The average Bonchev–Trinajstić information content (AvgIpc) is 2.71. The molecule has 0 aliphatic carbocycles. The molecule has 6 heteroatoms. The topological polar surface area (TPSA) is 83.9 Å². The molecule has 0 spiro atoms. The van der Waals surface area contributed by atoms with Gasteiger partial charge in [0.05, 0.1) is 28.8 Å². The standard InChI is InChI=1S/C15H15NO5/c1-15(5-2-6-21-8-15)16-12(17)10-4-3-9(14(19)20)7-11(10)13(16)18/h3-4,7H,2,5-6,8H2,1H3,(H,19,20). The van der Waals surface area contributed by atoms with Gasteiger partial charge in [0.2, 0.25) is 0 Å². The Hall–Kier alpha value is -2.21. The first-order chi connectivity index (χ1) is 9.94. The zero-order chi connectivity index (χ0) is 15.2. The molecule has 1 N–H and O–H groups in total. The van der Waals surface area contributed by atoms with Crippen molar-refractivity contribution in [2.45, 2.75) is 25.3 Å². The number of nitrogens with zero attached hydrogens (tertiary/aromatic N) is 1. The molecule has 110 valence electrons. The molecule has 0 saturated carbocycles. The monoisotopic (exact) mass is 289 g/mol. The van der Waals surface area contributed by atoms with E-state index in [1.165, 1.54) is 23.1 Å². The number of rotatable bonds is 2. The van der Waals surface area contributed by atoms with Crippen molar-refractivity contribution in [1.29, 1.82) is 0 Å². The second kappa shape index (κ2) is 4.66. The summed E-state index contributed by atoms with van der Waals surface area (Å²) >= 11 is 0. The van der Waals surface area contributed by atoms with Crippen molar-refractivity contribution in [1.82, 2.24) is 4.90 Å². The van der Waals surface area contributed by atoms with Crippen LogP contribution in [0, 0.1) is 0 Å². The number of carboxylic acids is 1. The van der Waals surface area contributed by atoms with Crippen molar-refractivity contribution in [3.63, 3.8) is 0 Å². The van der Waals surface area contributed by atoms with Gasteiger partial charge in [0.25, 0.3) is 11.8 Å². The number of imide groups is 1. The average molecular weight is 289 g/mol. The van der Waals surface area contributed by atoms with Gasteiger partial charge >= 0.3 is 5.97 Å². The largest absolute Gasteiger partial charge is 0.478 e. The highest BCUT2D eigenvalue weighted by atomic mass is 16.5. The molecule has 0 radical (unpaired) electrons. The van der Waals surface area contributed by atoms with E-state index in [9.17, 15) is 14.4 Å². The molecular formula is C15H15NO5. The molecule has 21 heavy (non-hydrogen) atoms. The van der Waals surface area contributed by atoms with Crippen molar-refractivity contribution < 1.29 is 24.2 Å². The highest BCUT2D eigenvalue weighted by molar-refractivity contribution is 6.22. The Labute approximate surface area is 121 Å². The Kier molecular flexibility index (Phi) is 3.06. The van der Waals surface area contributed by atoms with Crippen LogP contribution >= 0.6 is 0 Å². The van der Waals surface area contributed by atoms with E-state index >= 15 is 0 Å². The van der Waals surface area contributed by atoms with Crippen LogP contribution in [0.5, 0.6) is 0 Å². The van der Waals surface area contributed by atoms with Gasteiger partial charge in [-0.2, -0.15) is 0 Å². The first kappa shape index (κ1) is 13.8. The molecule has 3 rings (SSSR count). The smallest absolute Gasteiger partial charge is 0.335 e. The van der Waals surface area contributed by atoms with Gasteiger partial charge in [-0.3, -0.25) is 14.5 Å². The summed E-state index contributed by atoms with van der Waals surface area (Å²) in [6.45, 7) is 2.76. The van der Waals surface area contributed by atoms with Crippen LogP contribution in [0.1, 0.15) is 50.8 Å². The Morgan fingerprint density at radius 2 is 2.00 bits per heavy atom. The molecule has 2 heterocycles. The lowest BCUT2D eigenvalue weighted by Crippen LogP contribution is -2.54. The van der Waals surface area contributed by atoms with Gasteiger partial charge in [-0.15, -0.1) is 0 Å². The molecule has 1 aromatic rings. The van der Waals surface area contributed by atoms with E-state index < -0.39 is 17.4 Å². The molecule has 1 saturated heterocycles. The van der Waals surface area contributed by atoms with Crippen molar-refractivity contribution >= 4 is 17.8 Å². The molecule has 0 aromatic heterocycles. The van der Waals surface area contributed by atoms with Gasteiger partial charge < -0.3 is 9.84 Å². The highest BCUT2D eigenvalue weighted by Crippen LogP contribution is 2.34. The lowest BCUT2D eigenvalue weighted by atomic mass is 9.93. The van der Waals surface area contributed by atoms with Crippen molar-refractivity contribution in [2.24, 2.45) is 0 Å². The minimum absolute atomic E-state index is 0.00166. The van der Waals surface area contributed by atoms with Crippen LogP contribution in [0.3, 0.4) is 0 Å². The summed E-state index contributed by atoms with van der Waals surface area (Å²) in [4.78, 5) is 37.3. The third-order valence-corrected chi connectivity index (χ3v) is 4.09. The summed E-state index contributed by atoms with van der Waals surface area (Å²) < 4.78 is 5.41. The van der Waals surface area contributed by atoms with Crippen molar-refractivity contribution in [2.75, 3.05) is 13.2 Å². The molecular weight excluding hydrogens is 274 g/mol. The number of carboxylic acid groups (broad SMARTS) is 1. The van der Waals surface area contributed by atoms with Gasteiger partial charge in [-0.05, 0) is 38.0 Å². The fraction of sp³-hybridized carbons (Fsp3) is 0.400. The summed E-state index contributed by atoms with van der Waals surface area (Å²) in [7, 11) is 0. The maximum absolute atomic E-state index is 12.5. The quantitative estimate of drug-likeness (QED) is 0.835. The maximum atomic E-state index is 12.5. The van der Waals surface area contributed by atoms with Crippen LogP contribution in [0.4, 0.5) is 0 Å². The van der Waals surface area contributed by atoms with Gasteiger partial charge in [0.1, 0.15) is 0 Å². The maximum Gasteiger partial charge on any atom is 0.335 e. The van der Waals surface area contributed by atoms with Crippen LogP contribution in [0.25, 0.3) is 0 Å². The second-order valence-electron chi connectivity index (χ2n) is 5.66. The number of benzene rings is 1. The predicted molar refractivity (Wildman–Crippen MR) is 72.4 cm³/mol. The minimum atomic E-state index is -1.12. The van der Waals surface area contributed by atoms with Crippen LogP contribution in [0.2, 0.25) is 0 Å². The Bertz CT molecular complexity index is 645. The molecule has 1 atom stereocenters. The summed E-state index contributed by atoms with van der Waals surface area (Å²) in [5.41, 5.74) is -0.250. The molecule has 2 aliphatic heterocycles. The van der Waals surface area contributed by atoms with Crippen LogP contribution in [-0.2, 0) is 4.74 Å². The van der Waals surface area contributed by atoms with E-state index in [2.05, 4.69) is 0 Å². The number of hydrogen-bond donors (Lipinski definition) is 1. The number of aromatic carboxylic acids is 1. The molecule has 2 aliphatic rings. The predicted octanol–water partition coefficient (Wildman–Crippen LogP) is 1.55. The second-order valence-corrected chi connectivity index (χ2v) is 5.66. The Morgan fingerprint density at radius 3 is 2.62 bits per heavy atom. The van der Waals surface area contributed by atoms with E-state index in [1.54, 1.807) is 0 Å². The fourth-order valence-electron chi connectivity index (χ4n) is 2.96. The Morgan fingerprint density at radius 1 is 1.29 bits per heavy atom. The molecule has 1 fully saturated rings. The van der Waals surface area contributed by atoms with E-state index in [-0.39, 0.29) is 22.6 Å². The summed E-state index contributed by atoms with van der Waals surface area (Å²) in [5.74, 6) is -1.94. The first-order valence-electron chi connectivity index (χ1n) is 6.78. The lowest BCUT2D eigenvalue weighted by Gasteiger charge is -2.39.